The molecule has 7 heteroatoms. The van der Waals surface area contributed by atoms with Crippen molar-refractivity contribution in [3.05, 3.63) is 24.3 Å². The van der Waals surface area contributed by atoms with Crippen molar-refractivity contribution in [2.45, 2.75) is 45.3 Å². The van der Waals surface area contributed by atoms with Gasteiger partial charge in [-0.05, 0) is 69.5 Å². The van der Waals surface area contributed by atoms with Gasteiger partial charge < -0.3 is 14.4 Å². The van der Waals surface area contributed by atoms with Gasteiger partial charge in [-0.25, -0.2) is 4.79 Å². The van der Waals surface area contributed by atoms with Crippen molar-refractivity contribution in [3.8, 4) is 5.75 Å². The van der Waals surface area contributed by atoms with Gasteiger partial charge in [0.1, 0.15) is 11.4 Å². The van der Waals surface area contributed by atoms with Crippen molar-refractivity contribution in [2.24, 2.45) is 0 Å². The van der Waals surface area contributed by atoms with E-state index in [9.17, 15) is 9.59 Å². The largest absolute Gasteiger partial charge is 0.497 e. The van der Waals surface area contributed by atoms with Crippen LogP contribution in [0.1, 0.15) is 33.6 Å². The highest BCUT2D eigenvalue weighted by atomic mass is 35.5. The van der Waals surface area contributed by atoms with Gasteiger partial charge >= 0.3 is 11.5 Å². The topological polar surface area (TPSA) is 59.1 Å². The van der Waals surface area contributed by atoms with E-state index in [0.29, 0.717) is 31.7 Å². The molecule has 1 saturated heterocycles. The third kappa shape index (κ3) is 5.26. The molecule has 6 nitrogen and oxygen atoms in total. The Morgan fingerprint density at radius 2 is 1.72 bits per heavy atom. The van der Waals surface area contributed by atoms with Crippen LogP contribution in [0.15, 0.2) is 24.3 Å². The Labute approximate surface area is 153 Å². The molecule has 25 heavy (non-hydrogen) atoms. The lowest BCUT2D eigenvalue weighted by atomic mass is 10.0. The number of nitrogens with zero attached hydrogens (tertiary/aromatic N) is 2. The van der Waals surface area contributed by atoms with Crippen LogP contribution in [0.25, 0.3) is 0 Å². The van der Waals surface area contributed by atoms with Crippen molar-refractivity contribution in [1.82, 2.24) is 4.90 Å². The summed E-state index contributed by atoms with van der Waals surface area (Å²) >= 11 is 5.82. The number of hydrogen-bond acceptors (Lipinski definition) is 4. The van der Waals surface area contributed by atoms with Gasteiger partial charge in [0.15, 0.2) is 0 Å². The van der Waals surface area contributed by atoms with Gasteiger partial charge in [0.2, 0.25) is 0 Å². The Kier molecular flexibility index (Phi) is 6.16. The van der Waals surface area contributed by atoms with E-state index >= 15 is 0 Å². The summed E-state index contributed by atoms with van der Waals surface area (Å²) in [5, 5.41) is -0.527. The summed E-state index contributed by atoms with van der Waals surface area (Å²) < 4.78 is 10.5. The monoisotopic (exact) mass is 368 g/mol. The molecule has 1 aliphatic rings. The van der Waals surface area contributed by atoms with Crippen molar-refractivity contribution in [3.63, 3.8) is 0 Å². The predicted octanol–water partition coefficient (Wildman–Crippen LogP) is 4.26. The van der Waals surface area contributed by atoms with Crippen LogP contribution in [-0.2, 0) is 4.74 Å². The number of likely N-dealkylation sites (tertiary alicyclic amines) is 1. The number of carbonyl (C=O) groups is 2. The highest BCUT2D eigenvalue weighted by Gasteiger charge is 2.31. The zero-order valence-electron chi connectivity index (χ0n) is 15.1. The van der Waals surface area contributed by atoms with Crippen molar-refractivity contribution >= 4 is 28.7 Å². The van der Waals surface area contributed by atoms with E-state index in [1.165, 1.54) is 0 Å². The first-order chi connectivity index (χ1) is 11.7. The minimum Gasteiger partial charge on any atom is -0.497 e. The van der Waals surface area contributed by atoms with E-state index in [4.69, 9.17) is 21.1 Å². The molecule has 1 aliphatic heterocycles. The third-order valence-electron chi connectivity index (χ3n) is 4.02. The van der Waals surface area contributed by atoms with E-state index in [-0.39, 0.29) is 12.1 Å². The third-order valence-corrected chi connectivity index (χ3v) is 4.20. The lowest BCUT2D eigenvalue weighted by Gasteiger charge is -2.38. The lowest BCUT2D eigenvalue weighted by molar-refractivity contribution is 0.0207. The van der Waals surface area contributed by atoms with Gasteiger partial charge in [-0.2, -0.15) is 0 Å². The fourth-order valence-corrected chi connectivity index (χ4v) is 3.07. The van der Waals surface area contributed by atoms with Crippen molar-refractivity contribution < 1.29 is 19.1 Å². The molecule has 0 unspecified atom stereocenters. The second-order valence-electron chi connectivity index (χ2n) is 7.02. The van der Waals surface area contributed by atoms with E-state index in [0.717, 1.165) is 5.69 Å². The first kappa shape index (κ1) is 19.4. The van der Waals surface area contributed by atoms with Crippen molar-refractivity contribution in [2.75, 3.05) is 25.1 Å². The van der Waals surface area contributed by atoms with E-state index in [2.05, 4.69) is 0 Å². The molecule has 0 N–H and O–H groups in total. The maximum Gasteiger partial charge on any atom is 0.410 e. The minimum atomic E-state index is -0.527. The minimum absolute atomic E-state index is 0.0583. The molecule has 0 atom stereocenters. The first-order valence-electron chi connectivity index (χ1n) is 8.32. The number of anilines is 1. The molecule has 1 aromatic rings. The Morgan fingerprint density at radius 3 is 2.16 bits per heavy atom. The normalized spacial score (nSPS) is 15.6. The Balaban J connectivity index is 2.03. The molecule has 0 spiro atoms. The summed E-state index contributed by atoms with van der Waals surface area (Å²) in [4.78, 5) is 27.4. The second kappa shape index (κ2) is 7.95. The van der Waals surface area contributed by atoms with E-state index < -0.39 is 11.0 Å². The number of piperidine rings is 1. The Bertz CT molecular complexity index is 604. The summed E-state index contributed by atoms with van der Waals surface area (Å²) in [6.07, 6.45) is 0.965. The number of hydrogen-bond donors (Lipinski definition) is 0. The summed E-state index contributed by atoms with van der Waals surface area (Å²) in [7, 11) is 1.59. The van der Waals surface area contributed by atoms with E-state index in [1.807, 2.05) is 20.8 Å². The average molecular weight is 369 g/mol. The maximum atomic E-state index is 12.1. The SMILES string of the molecule is COc1ccc(N(C(=O)Cl)C2CCN(C(=O)OC(C)(C)C)CC2)cc1. The molecule has 1 aromatic carbocycles. The van der Waals surface area contributed by atoms with Gasteiger partial charge in [-0.15, -0.1) is 0 Å². The molecule has 0 aromatic heterocycles. The van der Waals surface area contributed by atoms with Gasteiger partial charge in [0.05, 0.1) is 7.11 Å². The molecule has 0 radical (unpaired) electrons. The fourth-order valence-electron chi connectivity index (χ4n) is 2.83. The van der Waals surface area contributed by atoms with Crippen LogP contribution in [0, 0.1) is 0 Å². The lowest BCUT2D eigenvalue weighted by Crippen LogP contribution is -2.48. The number of carbonyl (C=O) groups excluding carboxylic acids is 2. The second-order valence-corrected chi connectivity index (χ2v) is 7.34. The molecule has 0 aliphatic carbocycles. The van der Waals surface area contributed by atoms with Crippen LogP contribution < -0.4 is 9.64 Å². The molecule has 2 amide bonds. The highest BCUT2D eigenvalue weighted by Crippen LogP contribution is 2.27. The smallest absolute Gasteiger partial charge is 0.410 e. The van der Waals surface area contributed by atoms with Crippen LogP contribution in [-0.4, -0.2) is 48.2 Å². The zero-order chi connectivity index (χ0) is 18.6. The van der Waals surface area contributed by atoms with E-state index in [1.54, 1.807) is 41.2 Å². The Morgan fingerprint density at radius 1 is 1.16 bits per heavy atom. The fraction of sp³-hybridized carbons (Fsp3) is 0.556. The molecule has 1 heterocycles. The molecular weight excluding hydrogens is 344 g/mol. The van der Waals surface area contributed by atoms with Gasteiger partial charge in [0, 0.05) is 24.8 Å². The standard InChI is InChI=1S/C18H25ClN2O4/c1-18(2,3)25-17(23)20-11-9-14(10-12-20)21(16(19)22)13-5-7-15(24-4)8-6-13/h5-8,14H,9-12H2,1-4H3. The maximum absolute atomic E-state index is 12.1. The van der Waals surface area contributed by atoms with Gasteiger partial charge in [-0.1, -0.05) is 0 Å². The first-order valence-corrected chi connectivity index (χ1v) is 8.70. The molecule has 138 valence electrons. The van der Waals surface area contributed by atoms with Crippen LogP contribution >= 0.6 is 11.6 Å². The molecule has 1 fully saturated rings. The summed E-state index contributed by atoms with van der Waals surface area (Å²) in [5.74, 6) is 0.713. The molecule has 0 saturated carbocycles. The quantitative estimate of drug-likeness (QED) is 0.590. The van der Waals surface area contributed by atoms with Gasteiger partial charge in [0.25, 0.3) is 0 Å². The number of rotatable bonds is 3. The predicted molar refractivity (Wildman–Crippen MR) is 97.6 cm³/mol. The number of benzene rings is 1. The summed E-state index contributed by atoms with van der Waals surface area (Å²) in [5.41, 5.74) is 0.200. The summed E-state index contributed by atoms with van der Waals surface area (Å²) in [6.45, 7) is 6.58. The number of amides is 2. The summed E-state index contributed by atoms with van der Waals surface area (Å²) in [6, 6.07) is 7.13. The number of ether oxygens (including phenoxy) is 2. The van der Waals surface area contributed by atoms with Crippen LogP contribution in [0.4, 0.5) is 15.3 Å². The Hall–Kier alpha value is -1.95. The average Bonchev–Trinajstić information content (AvgIpc) is 2.54. The molecular formula is C18H25ClN2O4. The van der Waals surface area contributed by atoms with Crippen molar-refractivity contribution in [1.29, 1.82) is 0 Å². The zero-order valence-corrected chi connectivity index (χ0v) is 15.9. The molecule has 2 rings (SSSR count). The van der Waals surface area contributed by atoms with Gasteiger partial charge in [-0.3, -0.25) is 9.69 Å². The highest BCUT2D eigenvalue weighted by molar-refractivity contribution is 6.66. The molecule has 0 bridgehead atoms. The van der Waals surface area contributed by atoms with Crippen LogP contribution in [0.3, 0.4) is 0 Å². The number of methoxy groups -OCH3 is 1. The number of halogens is 1. The van der Waals surface area contributed by atoms with Crippen LogP contribution in [0.2, 0.25) is 0 Å². The van der Waals surface area contributed by atoms with Crippen LogP contribution in [0.5, 0.6) is 5.75 Å².